The highest BCUT2D eigenvalue weighted by atomic mass is 79.9. The quantitative estimate of drug-likeness (QED) is 0.375. The zero-order chi connectivity index (χ0) is 21.3. The zero-order valence-electron chi connectivity index (χ0n) is 15.7. The first kappa shape index (κ1) is 20.5. The van der Waals surface area contributed by atoms with Crippen LogP contribution in [0.4, 0.5) is 5.69 Å². The molecule has 30 heavy (non-hydrogen) atoms. The number of aryl methyl sites for hydroxylation is 1. The Morgan fingerprint density at radius 1 is 1.07 bits per heavy atom. The van der Waals surface area contributed by atoms with E-state index < -0.39 is 0 Å². The molecule has 1 heterocycles. The van der Waals surface area contributed by atoms with Gasteiger partial charge < -0.3 is 5.32 Å². The summed E-state index contributed by atoms with van der Waals surface area (Å²) in [5.41, 5.74) is 4.29. The van der Waals surface area contributed by atoms with Gasteiger partial charge in [-0.15, -0.1) is 10.2 Å². The third kappa shape index (κ3) is 4.35. The third-order valence-electron chi connectivity index (χ3n) is 4.33. The number of anilines is 1. The Morgan fingerprint density at radius 3 is 2.43 bits per heavy atom. The van der Waals surface area contributed by atoms with Gasteiger partial charge in [-0.25, -0.2) is 0 Å². The van der Waals surface area contributed by atoms with Gasteiger partial charge in [0.05, 0.1) is 22.0 Å². The van der Waals surface area contributed by atoms with E-state index in [9.17, 15) is 4.79 Å². The summed E-state index contributed by atoms with van der Waals surface area (Å²) in [5, 5.41) is 15.1. The highest BCUT2D eigenvalue weighted by Crippen LogP contribution is 2.27. The normalized spacial score (nSPS) is 10.8. The Bertz CT molecular complexity index is 1270. The number of carbonyl (C=O) groups excluding carboxylic acids is 1. The van der Waals surface area contributed by atoms with Crippen molar-refractivity contribution in [1.82, 2.24) is 20.3 Å². The standard InChI is InChI=1S/C21H15BrClN5OS/c1-12-6-8-13(9-7-12)28-26-18-10-16(23)17(11-19(18)27-28)24-21(30)25-20(29)14-4-2-3-5-15(14)22/h2-11H,1H3,(H2,24,25,29,30). The van der Waals surface area contributed by atoms with Crippen molar-refractivity contribution in [2.75, 3.05) is 5.32 Å². The largest absolute Gasteiger partial charge is 0.331 e. The second kappa shape index (κ2) is 8.51. The minimum absolute atomic E-state index is 0.128. The average Bonchev–Trinajstić information content (AvgIpc) is 3.11. The molecule has 0 unspecified atom stereocenters. The number of amides is 1. The van der Waals surface area contributed by atoms with Crippen LogP contribution >= 0.6 is 39.7 Å². The fourth-order valence-corrected chi connectivity index (χ4v) is 3.67. The number of halogens is 2. The van der Waals surface area contributed by atoms with Gasteiger partial charge in [0.2, 0.25) is 0 Å². The van der Waals surface area contributed by atoms with Gasteiger partial charge >= 0.3 is 0 Å². The van der Waals surface area contributed by atoms with E-state index in [0.717, 1.165) is 11.3 Å². The summed E-state index contributed by atoms with van der Waals surface area (Å²) in [4.78, 5) is 14.0. The molecule has 4 aromatic rings. The van der Waals surface area contributed by atoms with Gasteiger partial charge in [-0.3, -0.25) is 10.1 Å². The van der Waals surface area contributed by atoms with Crippen LogP contribution in [0, 0.1) is 6.92 Å². The molecule has 0 aliphatic rings. The Labute approximate surface area is 191 Å². The van der Waals surface area contributed by atoms with E-state index >= 15 is 0 Å². The molecule has 1 amide bonds. The molecule has 0 saturated heterocycles. The molecule has 0 spiro atoms. The molecular weight excluding hydrogens is 486 g/mol. The predicted octanol–water partition coefficient (Wildman–Crippen LogP) is 5.27. The molecule has 0 radical (unpaired) electrons. The molecule has 1 aromatic heterocycles. The smallest absolute Gasteiger partial charge is 0.258 e. The van der Waals surface area contributed by atoms with E-state index in [2.05, 4.69) is 36.8 Å². The summed E-state index contributed by atoms with van der Waals surface area (Å²) < 4.78 is 0.678. The molecule has 3 aromatic carbocycles. The fourth-order valence-electron chi connectivity index (χ4n) is 2.80. The second-order valence-electron chi connectivity index (χ2n) is 6.53. The molecule has 4 rings (SSSR count). The SMILES string of the molecule is Cc1ccc(-n2nc3cc(Cl)c(NC(=S)NC(=O)c4ccccc4Br)cc3n2)cc1. The lowest BCUT2D eigenvalue weighted by molar-refractivity contribution is 0.0977. The molecule has 150 valence electrons. The number of hydrogen-bond acceptors (Lipinski definition) is 4. The van der Waals surface area contributed by atoms with Crippen LogP contribution in [0.5, 0.6) is 0 Å². The van der Waals surface area contributed by atoms with Crippen molar-refractivity contribution in [3.63, 3.8) is 0 Å². The summed E-state index contributed by atoms with van der Waals surface area (Å²) >= 11 is 15.0. The summed E-state index contributed by atoms with van der Waals surface area (Å²) in [5.74, 6) is -0.331. The Morgan fingerprint density at radius 2 is 1.73 bits per heavy atom. The maximum absolute atomic E-state index is 12.4. The van der Waals surface area contributed by atoms with Gasteiger partial charge in [0.1, 0.15) is 11.0 Å². The van der Waals surface area contributed by atoms with Crippen molar-refractivity contribution in [2.45, 2.75) is 6.92 Å². The van der Waals surface area contributed by atoms with Gasteiger partial charge in [-0.2, -0.15) is 4.80 Å². The zero-order valence-corrected chi connectivity index (χ0v) is 18.8. The summed E-state index contributed by atoms with van der Waals surface area (Å²) in [6, 6.07) is 18.4. The topological polar surface area (TPSA) is 71.8 Å². The first-order valence-corrected chi connectivity index (χ1v) is 10.5. The second-order valence-corrected chi connectivity index (χ2v) is 8.20. The number of thiocarbonyl (C=S) groups is 1. The highest BCUT2D eigenvalue weighted by molar-refractivity contribution is 9.10. The first-order valence-electron chi connectivity index (χ1n) is 8.91. The lowest BCUT2D eigenvalue weighted by Gasteiger charge is -2.11. The van der Waals surface area contributed by atoms with Crippen molar-refractivity contribution >= 4 is 67.5 Å². The van der Waals surface area contributed by atoms with Crippen molar-refractivity contribution in [1.29, 1.82) is 0 Å². The van der Waals surface area contributed by atoms with E-state index in [0.29, 0.717) is 31.8 Å². The van der Waals surface area contributed by atoms with Crippen LogP contribution in [0.15, 0.2) is 65.1 Å². The molecule has 0 aliphatic carbocycles. The number of hydrogen-bond donors (Lipinski definition) is 2. The van der Waals surface area contributed by atoms with Gasteiger partial charge in [0.15, 0.2) is 5.11 Å². The van der Waals surface area contributed by atoms with Crippen LogP contribution in [0.2, 0.25) is 5.02 Å². The van der Waals surface area contributed by atoms with E-state index in [-0.39, 0.29) is 11.0 Å². The maximum atomic E-state index is 12.4. The Balaban J connectivity index is 1.54. The number of carbonyl (C=O) groups is 1. The molecule has 0 fully saturated rings. The molecule has 0 bridgehead atoms. The van der Waals surface area contributed by atoms with Gasteiger partial charge in [-0.05, 0) is 71.5 Å². The minimum Gasteiger partial charge on any atom is -0.331 e. The molecule has 2 N–H and O–H groups in total. The number of rotatable bonds is 3. The van der Waals surface area contributed by atoms with E-state index in [1.165, 1.54) is 0 Å². The van der Waals surface area contributed by atoms with Crippen molar-refractivity contribution < 1.29 is 4.79 Å². The number of fused-ring (bicyclic) bond motifs is 1. The Hall–Kier alpha value is -2.81. The number of nitrogens with one attached hydrogen (secondary N) is 2. The van der Waals surface area contributed by atoms with Gasteiger partial charge in [0, 0.05) is 4.47 Å². The van der Waals surface area contributed by atoms with Crippen LogP contribution in [-0.2, 0) is 0 Å². The molecule has 9 heteroatoms. The van der Waals surface area contributed by atoms with Gasteiger partial charge in [-0.1, -0.05) is 41.4 Å². The molecule has 0 atom stereocenters. The van der Waals surface area contributed by atoms with Crippen LogP contribution < -0.4 is 10.6 Å². The number of aromatic nitrogens is 3. The van der Waals surface area contributed by atoms with E-state index in [1.807, 2.05) is 37.3 Å². The molecule has 6 nitrogen and oxygen atoms in total. The van der Waals surface area contributed by atoms with Crippen LogP contribution in [0.3, 0.4) is 0 Å². The van der Waals surface area contributed by atoms with Crippen molar-refractivity contribution in [2.24, 2.45) is 0 Å². The monoisotopic (exact) mass is 499 g/mol. The van der Waals surface area contributed by atoms with Crippen LogP contribution in [0.1, 0.15) is 15.9 Å². The van der Waals surface area contributed by atoms with E-state index in [4.69, 9.17) is 23.8 Å². The Kier molecular flexibility index (Phi) is 5.80. The molecular formula is C21H15BrClN5OS. The lowest BCUT2D eigenvalue weighted by Crippen LogP contribution is -2.34. The summed E-state index contributed by atoms with van der Waals surface area (Å²) in [7, 11) is 0. The summed E-state index contributed by atoms with van der Waals surface area (Å²) in [6.07, 6.45) is 0. The third-order valence-corrected chi connectivity index (χ3v) is 5.54. The van der Waals surface area contributed by atoms with Crippen molar-refractivity contribution in [3.8, 4) is 5.69 Å². The first-order chi connectivity index (χ1) is 14.4. The number of nitrogens with zero attached hydrogens (tertiary/aromatic N) is 3. The predicted molar refractivity (Wildman–Crippen MR) is 126 cm³/mol. The molecule has 0 aliphatic heterocycles. The van der Waals surface area contributed by atoms with Crippen LogP contribution in [-0.4, -0.2) is 26.0 Å². The van der Waals surface area contributed by atoms with Crippen LogP contribution in [0.25, 0.3) is 16.7 Å². The maximum Gasteiger partial charge on any atom is 0.258 e. The fraction of sp³-hybridized carbons (Fsp3) is 0.0476. The van der Waals surface area contributed by atoms with E-state index in [1.54, 1.807) is 35.1 Å². The highest BCUT2D eigenvalue weighted by Gasteiger charge is 2.14. The lowest BCUT2D eigenvalue weighted by atomic mass is 10.2. The number of benzene rings is 3. The van der Waals surface area contributed by atoms with Gasteiger partial charge in [0.25, 0.3) is 5.91 Å². The summed E-state index contributed by atoms with van der Waals surface area (Å²) in [6.45, 7) is 2.02. The average molecular weight is 501 g/mol. The minimum atomic E-state index is -0.331. The molecule has 0 saturated carbocycles. The van der Waals surface area contributed by atoms with Crippen molar-refractivity contribution in [3.05, 3.63) is 81.3 Å².